The van der Waals surface area contributed by atoms with Crippen molar-refractivity contribution in [2.75, 3.05) is 11.5 Å². The van der Waals surface area contributed by atoms with Gasteiger partial charge in [0, 0.05) is 10.5 Å². The molecule has 18 heavy (non-hydrogen) atoms. The Labute approximate surface area is 117 Å². The summed E-state index contributed by atoms with van der Waals surface area (Å²) in [7, 11) is 0. The van der Waals surface area contributed by atoms with E-state index in [0.29, 0.717) is 0 Å². The van der Waals surface area contributed by atoms with Crippen LogP contribution in [0.2, 0.25) is 0 Å². The lowest BCUT2D eigenvalue weighted by Gasteiger charge is -2.17. The Hall–Kier alpha value is -0.550. The van der Waals surface area contributed by atoms with Crippen LogP contribution in [0.1, 0.15) is 25.5 Å². The monoisotopic (exact) mass is 280 g/mol. The van der Waals surface area contributed by atoms with Crippen molar-refractivity contribution in [1.29, 1.82) is 0 Å². The lowest BCUT2D eigenvalue weighted by molar-refractivity contribution is 0.614. The summed E-state index contributed by atoms with van der Waals surface area (Å²) in [5, 5.41) is 3.45. The Bertz CT molecular complexity index is 493. The van der Waals surface area contributed by atoms with Crippen LogP contribution in [0.4, 0.5) is 0 Å². The molecule has 2 nitrogen and oxygen atoms in total. The summed E-state index contributed by atoms with van der Waals surface area (Å²) < 4.78 is 1.35. The minimum atomic E-state index is 0.232. The van der Waals surface area contributed by atoms with Crippen LogP contribution in [0.15, 0.2) is 29.6 Å². The number of benzene rings is 1. The van der Waals surface area contributed by atoms with E-state index in [2.05, 4.69) is 48.9 Å². The van der Waals surface area contributed by atoms with E-state index in [-0.39, 0.29) is 6.04 Å². The number of hydrazine groups is 1. The number of nitrogens with two attached hydrogens (primary N) is 1. The van der Waals surface area contributed by atoms with Gasteiger partial charge in [0.15, 0.2) is 0 Å². The van der Waals surface area contributed by atoms with Crippen LogP contribution in [0.25, 0.3) is 10.1 Å². The molecule has 1 heterocycles. The minimum absolute atomic E-state index is 0.232. The Morgan fingerprint density at radius 3 is 2.83 bits per heavy atom. The fourth-order valence-electron chi connectivity index (χ4n) is 1.94. The minimum Gasteiger partial charge on any atom is -0.271 e. The molecular weight excluding hydrogens is 260 g/mol. The van der Waals surface area contributed by atoms with Crippen LogP contribution in [-0.4, -0.2) is 11.5 Å². The summed E-state index contributed by atoms with van der Waals surface area (Å²) >= 11 is 3.75. The molecule has 3 N–H and O–H groups in total. The maximum absolute atomic E-state index is 5.72. The number of thiophene rings is 1. The highest BCUT2D eigenvalue weighted by molar-refractivity contribution is 7.99. The van der Waals surface area contributed by atoms with Gasteiger partial charge in [-0.3, -0.25) is 11.3 Å². The van der Waals surface area contributed by atoms with Crippen molar-refractivity contribution >= 4 is 33.2 Å². The average Bonchev–Trinajstić information content (AvgIpc) is 2.82. The van der Waals surface area contributed by atoms with Gasteiger partial charge in [0.2, 0.25) is 0 Å². The molecule has 0 aliphatic carbocycles. The molecule has 2 aromatic rings. The van der Waals surface area contributed by atoms with Crippen LogP contribution in [0, 0.1) is 5.92 Å². The first-order valence-corrected chi connectivity index (χ1v) is 8.25. The quantitative estimate of drug-likeness (QED) is 0.624. The van der Waals surface area contributed by atoms with E-state index in [1.165, 1.54) is 21.4 Å². The van der Waals surface area contributed by atoms with E-state index >= 15 is 0 Å². The van der Waals surface area contributed by atoms with Crippen LogP contribution >= 0.6 is 23.1 Å². The van der Waals surface area contributed by atoms with Gasteiger partial charge < -0.3 is 0 Å². The van der Waals surface area contributed by atoms with Crippen molar-refractivity contribution in [2.45, 2.75) is 19.9 Å². The smallest absolute Gasteiger partial charge is 0.0564 e. The fourth-order valence-corrected chi connectivity index (χ4v) is 4.03. The summed E-state index contributed by atoms with van der Waals surface area (Å²) in [5.41, 5.74) is 4.28. The first-order chi connectivity index (χ1) is 8.72. The van der Waals surface area contributed by atoms with E-state index in [1.807, 2.05) is 11.8 Å². The predicted octanol–water partition coefficient (Wildman–Crippen LogP) is 3.79. The Morgan fingerprint density at radius 2 is 2.11 bits per heavy atom. The Balaban J connectivity index is 2.14. The van der Waals surface area contributed by atoms with E-state index in [4.69, 9.17) is 5.84 Å². The van der Waals surface area contributed by atoms with Crippen molar-refractivity contribution in [3.05, 3.63) is 35.2 Å². The molecule has 2 rings (SSSR count). The zero-order valence-electron chi connectivity index (χ0n) is 10.8. The third kappa shape index (κ3) is 3.26. The molecule has 0 spiro atoms. The molecule has 1 aromatic heterocycles. The van der Waals surface area contributed by atoms with Gasteiger partial charge in [-0.05, 0) is 34.1 Å². The lowest BCUT2D eigenvalue weighted by atomic mass is 10.1. The molecule has 0 aliphatic heterocycles. The number of nitrogens with one attached hydrogen (secondary N) is 1. The largest absolute Gasteiger partial charge is 0.271 e. The van der Waals surface area contributed by atoms with Crippen LogP contribution in [0.3, 0.4) is 0 Å². The second-order valence-electron chi connectivity index (χ2n) is 4.84. The second-order valence-corrected chi connectivity index (χ2v) is 6.83. The van der Waals surface area contributed by atoms with E-state index in [0.717, 1.165) is 11.7 Å². The van der Waals surface area contributed by atoms with Crippen molar-refractivity contribution in [1.82, 2.24) is 5.43 Å². The van der Waals surface area contributed by atoms with Gasteiger partial charge in [0.1, 0.15) is 0 Å². The molecule has 98 valence electrons. The van der Waals surface area contributed by atoms with Crippen molar-refractivity contribution in [3.63, 3.8) is 0 Å². The van der Waals surface area contributed by atoms with E-state index in [1.54, 1.807) is 11.3 Å². The summed E-state index contributed by atoms with van der Waals surface area (Å²) in [4.78, 5) is 0. The average molecular weight is 280 g/mol. The zero-order chi connectivity index (χ0) is 13.0. The fraction of sp³-hybridized carbons (Fsp3) is 0.429. The second kappa shape index (κ2) is 6.57. The normalized spacial score (nSPS) is 13.3. The molecule has 0 saturated heterocycles. The molecule has 0 fully saturated rings. The summed E-state index contributed by atoms with van der Waals surface area (Å²) in [6.07, 6.45) is 0. The lowest BCUT2D eigenvalue weighted by Crippen LogP contribution is -2.29. The maximum atomic E-state index is 5.72. The third-order valence-electron chi connectivity index (χ3n) is 2.82. The molecule has 0 saturated carbocycles. The van der Waals surface area contributed by atoms with Gasteiger partial charge in [-0.15, -0.1) is 11.3 Å². The zero-order valence-corrected chi connectivity index (χ0v) is 12.5. The number of rotatable bonds is 6. The van der Waals surface area contributed by atoms with E-state index < -0.39 is 0 Å². The molecule has 4 heteroatoms. The Kier molecular flexibility index (Phi) is 5.06. The van der Waals surface area contributed by atoms with Gasteiger partial charge in [0.05, 0.1) is 6.04 Å². The van der Waals surface area contributed by atoms with Crippen LogP contribution in [0.5, 0.6) is 0 Å². The van der Waals surface area contributed by atoms with Crippen LogP contribution in [-0.2, 0) is 0 Å². The first kappa shape index (κ1) is 13.9. The highest BCUT2D eigenvalue weighted by atomic mass is 32.2. The number of hydrogen-bond donors (Lipinski definition) is 2. The van der Waals surface area contributed by atoms with Gasteiger partial charge >= 0.3 is 0 Å². The summed E-state index contributed by atoms with van der Waals surface area (Å²) in [6, 6.07) is 8.85. The van der Waals surface area contributed by atoms with Crippen molar-refractivity contribution in [2.24, 2.45) is 11.8 Å². The van der Waals surface area contributed by atoms with E-state index in [9.17, 15) is 0 Å². The first-order valence-electron chi connectivity index (χ1n) is 6.22. The predicted molar refractivity (Wildman–Crippen MR) is 84.1 cm³/mol. The molecule has 1 atom stereocenters. The molecule has 0 radical (unpaired) electrons. The maximum Gasteiger partial charge on any atom is 0.0564 e. The SMILES string of the molecule is CC(C)CSCC(NN)c1cccc2ccsc12. The summed E-state index contributed by atoms with van der Waals surface area (Å²) in [6.45, 7) is 4.50. The molecule has 0 aliphatic rings. The Morgan fingerprint density at radius 1 is 1.28 bits per heavy atom. The number of fused-ring (bicyclic) bond motifs is 1. The topological polar surface area (TPSA) is 38.0 Å². The van der Waals surface area contributed by atoms with Gasteiger partial charge in [-0.1, -0.05) is 32.0 Å². The highest BCUT2D eigenvalue weighted by Crippen LogP contribution is 2.30. The highest BCUT2D eigenvalue weighted by Gasteiger charge is 2.13. The van der Waals surface area contributed by atoms with Gasteiger partial charge in [-0.25, -0.2) is 0 Å². The third-order valence-corrected chi connectivity index (χ3v) is 5.27. The molecule has 1 unspecified atom stereocenters. The molecule has 1 aromatic carbocycles. The van der Waals surface area contributed by atoms with Gasteiger partial charge in [0.25, 0.3) is 0 Å². The van der Waals surface area contributed by atoms with Crippen molar-refractivity contribution < 1.29 is 0 Å². The standard InChI is InChI=1S/C14H20N2S2/c1-10(2)8-17-9-13(16-15)12-5-3-4-11-6-7-18-14(11)12/h3-7,10,13,16H,8-9,15H2,1-2H3. The van der Waals surface area contributed by atoms with Crippen molar-refractivity contribution in [3.8, 4) is 0 Å². The van der Waals surface area contributed by atoms with Crippen LogP contribution < -0.4 is 11.3 Å². The number of hydrogen-bond acceptors (Lipinski definition) is 4. The van der Waals surface area contributed by atoms with Gasteiger partial charge in [-0.2, -0.15) is 11.8 Å². The molecule has 0 bridgehead atoms. The summed E-state index contributed by atoms with van der Waals surface area (Å²) in [5.74, 6) is 8.65. The number of thioether (sulfide) groups is 1. The molecule has 0 amide bonds. The molecular formula is C14H20N2S2.